The molecule has 0 atom stereocenters. The average molecular weight is 343 g/mol. The number of benzene rings is 1. The quantitative estimate of drug-likeness (QED) is 0.820. The highest BCUT2D eigenvalue weighted by molar-refractivity contribution is 6.35. The zero-order valence-corrected chi connectivity index (χ0v) is 13.8. The van der Waals surface area contributed by atoms with E-state index in [-0.39, 0.29) is 18.4 Å². The van der Waals surface area contributed by atoms with E-state index in [4.69, 9.17) is 23.2 Å². The Labute approximate surface area is 140 Å². The van der Waals surface area contributed by atoms with Gasteiger partial charge < -0.3 is 10.6 Å². The Morgan fingerprint density at radius 2 is 1.86 bits per heavy atom. The molecule has 1 aromatic rings. The Morgan fingerprint density at radius 3 is 2.59 bits per heavy atom. The van der Waals surface area contributed by atoms with Gasteiger partial charge in [-0.15, -0.1) is 0 Å². The number of halogens is 2. The maximum absolute atomic E-state index is 11.8. The van der Waals surface area contributed by atoms with Crippen molar-refractivity contribution in [2.45, 2.75) is 38.5 Å². The molecule has 6 heteroatoms. The first-order valence-corrected chi connectivity index (χ1v) is 8.32. The second kappa shape index (κ2) is 8.39. The van der Waals surface area contributed by atoms with Crippen molar-refractivity contribution in [3.8, 4) is 0 Å². The van der Waals surface area contributed by atoms with Crippen LogP contribution in [-0.2, 0) is 9.59 Å². The molecule has 4 nitrogen and oxygen atoms in total. The van der Waals surface area contributed by atoms with E-state index in [1.165, 1.54) is 25.7 Å². The summed E-state index contributed by atoms with van der Waals surface area (Å²) >= 11 is 11.8. The van der Waals surface area contributed by atoms with Crippen molar-refractivity contribution >= 4 is 40.7 Å². The second-order valence-corrected chi connectivity index (χ2v) is 6.48. The van der Waals surface area contributed by atoms with Crippen molar-refractivity contribution in [3.05, 3.63) is 28.2 Å². The van der Waals surface area contributed by atoms with E-state index in [0.717, 1.165) is 6.42 Å². The van der Waals surface area contributed by atoms with Crippen LogP contribution >= 0.6 is 23.2 Å². The van der Waals surface area contributed by atoms with E-state index in [2.05, 4.69) is 10.6 Å². The third-order valence-corrected chi connectivity index (χ3v) is 4.47. The Balaban J connectivity index is 1.70. The molecule has 1 aromatic carbocycles. The summed E-state index contributed by atoms with van der Waals surface area (Å²) in [6.45, 7) is -0.0632. The number of anilines is 1. The zero-order valence-electron chi connectivity index (χ0n) is 12.3. The monoisotopic (exact) mass is 342 g/mol. The molecule has 0 radical (unpaired) electrons. The summed E-state index contributed by atoms with van der Waals surface area (Å²) in [5, 5.41) is 6.16. The predicted molar refractivity (Wildman–Crippen MR) is 89.3 cm³/mol. The van der Waals surface area contributed by atoms with E-state index < -0.39 is 0 Å². The molecule has 0 bridgehead atoms. The predicted octanol–water partition coefficient (Wildman–Crippen LogP) is 4.02. The van der Waals surface area contributed by atoms with Crippen LogP contribution in [-0.4, -0.2) is 18.4 Å². The van der Waals surface area contributed by atoms with Gasteiger partial charge in [-0.1, -0.05) is 48.9 Å². The van der Waals surface area contributed by atoms with Crippen LogP contribution in [0.2, 0.25) is 10.0 Å². The summed E-state index contributed by atoms with van der Waals surface area (Å²) in [7, 11) is 0. The van der Waals surface area contributed by atoms with Crippen molar-refractivity contribution in [2.75, 3.05) is 11.9 Å². The first kappa shape index (κ1) is 17.1. The lowest BCUT2D eigenvalue weighted by atomic mass is 10.0. The molecule has 1 aliphatic carbocycles. The van der Waals surface area contributed by atoms with Crippen LogP contribution < -0.4 is 10.6 Å². The smallest absolute Gasteiger partial charge is 0.243 e. The van der Waals surface area contributed by atoms with Gasteiger partial charge in [-0.2, -0.15) is 0 Å². The number of hydrogen-bond donors (Lipinski definition) is 2. The molecule has 0 aliphatic heterocycles. The fourth-order valence-electron chi connectivity index (χ4n) is 2.69. The lowest BCUT2D eigenvalue weighted by Crippen LogP contribution is -2.33. The molecule has 2 amide bonds. The van der Waals surface area contributed by atoms with Gasteiger partial charge in [0.15, 0.2) is 0 Å². The van der Waals surface area contributed by atoms with Crippen molar-refractivity contribution in [1.29, 1.82) is 0 Å². The first-order valence-electron chi connectivity index (χ1n) is 7.56. The number of hydrogen-bond acceptors (Lipinski definition) is 2. The largest absolute Gasteiger partial charge is 0.347 e. The van der Waals surface area contributed by atoms with Gasteiger partial charge in [-0.05, 0) is 30.5 Å². The van der Waals surface area contributed by atoms with Crippen LogP contribution in [0.4, 0.5) is 5.69 Å². The van der Waals surface area contributed by atoms with Crippen LogP contribution in [0.5, 0.6) is 0 Å². The first-order chi connectivity index (χ1) is 10.5. The van der Waals surface area contributed by atoms with Crippen molar-refractivity contribution in [1.82, 2.24) is 5.32 Å². The molecule has 2 N–H and O–H groups in total. The molecule has 1 saturated carbocycles. The Bertz CT molecular complexity index is 543. The molecule has 0 spiro atoms. The average Bonchev–Trinajstić information content (AvgIpc) is 3.00. The van der Waals surface area contributed by atoms with Crippen LogP contribution in [0, 0.1) is 5.92 Å². The van der Waals surface area contributed by atoms with E-state index in [0.29, 0.717) is 28.1 Å². The van der Waals surface area contributed by atoms with Gasteiger partial charge in [-0.25, -0.2) is 0 Å². The van der Waals surface area contributed by atoms with Gasteiger partial charge in [0.25, 0.3) is 0 Å². The second-order valence-electron chi connectivity index (χ2n) is 5.64. The SMILES string of the molecule is O=C(CCC1CCCC1)NCC(=O)Nc1cc(Cl)ccc1Cl. The van der Waals surface area contributed by atoms with E-state index in [1.807, 2.05) is 0 Å². The minimum atomic E-state index is -0.321. The van der Waals surface area contributed by atoms with Gasteiger partial charge in [0.05, 0.1) is 17.3 Å². The molecule has 0 heterocycles. The van der Waals surface area contributed by atoms with Crippen LogP contribution in [0.3, 0.4) is 0 Å². The number of rotatable bonds is 6. The molecular weight excluding hydrogens is 323 g/mol. The van der Waals surface area contributed by atoms with Crippen molar-refractivity contribution in [3.63, 3.8) is 0 Å². The number of nitrogens with one attached hydrogen (secondary N) is 2. The van der Waals surface area contributed by atoms with E-state index >= 15 is 0 Å². The molecule has 0 unspecified atom stereocenters. The maximum Gasteiger partial charge on any atom is 0.243 e. The highest BCUT2D eigenvalue weighted by Gasteiger charge is 2.16. The minimum absolute atomic E-state index is 0.0632. The highest BCUT2D eigenvalue weighted by Crippen LogP contribution is 2.28. The Morgan fingerprint density at radius 1 is 1.14 bits per heavy atom. The molecule has 120 valence electrons. The Kier molecular flexibility index (Phi) is 6.52. The summed E-state index contributed by atoms with van der Waals surface area (Å²) in [5.74, 6) is 0.266. The molecular formula is C16H20Cl2N2O2. The zero-order chi connectivity index (χ0) is 15.9. The van der Waals surface area contributed by atoms with Crippen molar-refractivity contribution in [2.24, 2.45) is 5.92 Å². The van der Waals surface area contributed by atoms with E-state index in [9.17, 15) is 9.59 Å². The van der Waals surface area contributed by atoms with Gasteiger partial charge in [0, 0.05) is 11.4 Å². The lowest BCUT2D eigenvalue weighted by molar-refractivity contribution is -0.124. The third kappa shape index (κ3) is 5.50. The summed E-state index contributed by atoms with van der Waals surface area (Å²) < 4.78 is 0. The summed E-state index contributed by atoms with van der Waals surface area (Å²) in [4.78, 5) is 23.6. The molecule has 22 heavy (non-hydrogen) atoms. The summed E-state index contributed by atoms with van der Waals surface area (Å²) in [6.07, 6.45) is 6.38. The molecule has 2 rings (SSSR count). The molecule has 0 saturated heterocycles. The standard InChI is InChI=1S/C16H20Cl2N2O2/c17-12-6-7-13(18)14(9-12)20-16(22)10-19-15(21)8-5-11-3-1-2-4-11/h6-7,9,11H,1-5,8,10H2,(H,19,21)(H,20,22). The topological polar surface area (TPSA) is 58.2 Å². The fourth-order valence-corrected chi connectivity index (χ4v) is 3.03. The van der Waals surface area contributed by atoms with Gasteiger partial charge >= 0.3 is 0 Å². The molecule has 1 aliphatic rings. The number of carbonyl (C=O) groups is 2. The Hall–Kier alpha value is -1.26. The molecule has 0 aromatic heterocycles. The number of carbonyl (C=O) groups excluding carboxylic acids is 2. The third-order valence-electron chi connectivity index (χ3n) is 3.90. The lowest BCUT2D eigenvalue weighted by Gasteiger charge is -2.10. The minimum Gasteiger partial charge on any atom is -0.347 e. The normalized spacial score (nSPS) is 14.8. The van der Waals surface area contributed by atoms with Crippen molar-refractivity contribution < 1.29 is 9.59 Å². The van der Waals surface area contributed by atoms with Gasteiger partial charge in [0.1, 0.15) is 0 Å². The highest BCUT2D eigenvalue weighted by atomic mass is 35.5. The summed E-state index contributed by atoms with van der Waals surface area (Å²) in [5.41, 5.74) is 0.444. The maximum atomic E-state index is 11.8. The summed E-state index contributed by atoms with van der Waals surface area (Å²) in [6, 6.07) is 4.83. The van der Waals surface area contributed by atoms with Crippen LogP contribution in [0.15, 0.2) is 18.2 Å². The van der Waals surface area contributed by atoms with E-state index in [1.54, 1.807) is 18.2 Å². The van der Waals surface area contributed by atoms with Crippen LogP contribution in [0.1, 0.15) is 38.5 Å². The number of amides is 2. The molecule has 1 fully saturated rings. The van der Waals surface area contributed by atoms with Gasteiger partial charge in [0.2, 0.25) is 11.8 Å². The fraction of sp³-hybridized carbons (Fsp3) is 0.500. The van der Waals surface area contributed by atoms with Crippen LogP contribution in [0.25, 0.3) is 0 Å². The van der Waals surface area contributed by atoms with Gasteiger partial charge in [-0.3, -0.25) is 9.59 Å².